The molecule has 0 fully saturated rings. The summed E-state index contributed by atoms with van der Waals surface area (Å²) in [7, 11) is 0. The molecular formula is C9H8ClFN6O. The first-order valence-electron chi connectivity index (χ1n) is 4.86. The normalized spacial score (nSPS) is 10.6. The van der Waals surface area contributed by atoms with Gasteiger partial charge in [-0.2, -0.15) is 0 Å². The lowest BCUT2D eigenvalue weighted by atomic mass is 10.2. The van der Waals surface area contributed by atoms with Gasteiger partial charge in [-0.1, -0.05) is 5.21 Å². The Kier molecular flexibility index (Phi) is 3.19. The molecular weight excluding hydrogens is 263 g/mol. The molecule has 2 N–H and O–H groups in total. The molecule has 0 aliphatic carbocycles. The van der Waals surface area contributed by atoms with Gasteiger partial charge in [0.2, 0.25) is 11.2 Å². The van der Waals surface area contributed by atoms with Crippen LogP contribution in [-0.4, -0.2) is 30.9 Å². The lowest BCUT2D eigenvalue weighted by Gasteiger charge is -2.01. The molecule has 0 saturated carbocycles. The fourth-order valence-corrected chi connectivity index (χ4v) is 1.52. The first-order valence-corrected chi connectivity index (χ1v) is 5.23. The van der Waals surface area contributed by atoms with Crippen LogP contribution in [0.15, 0.2) is 6.20 Å². The van der Waals surface area contributed by atoms with Crippen molar-refractivity contribution in [2.75, 3.05) is 0 Å². The fourth-order valence-electron chi connectivity index (χ4n) is 1.39. The number of nitrogens with two attached hydrogens (primary N) is 1. The van der Waals surface area contributed by atoms with Gasteiger partial charge >= 0.3 is 0 Å². The van der Waals surface area contributed by atoms with Gasteiger partial charge in [0.15, 0.2) is 5.82 Å². The SMILES string of the molecule is Cc1c(-c2nc(Cl)ncc2F)nnn1CC(N)=O. The topological polar surface area (TPSA) is 99.6 Å². The van der Waals surface area contributed by atoms with E-state index < -0.39 is 11.7 Å². The third kappa shape index (κ3) is 2.28. The Balaban J connectivity index is 2.48. The van der Waals surface area contributed by atoms with Crippen molar-refractivity contribution in [1.29, 1.82) is 0 Å². The Labute approximate surface area is 106 Å². The number of hydrogen-bond acceptors (Lipinski definition) is 5. The number of hydrogen-bond donors (Lipinski definition) is 1. The zero-order chi connectivity index (χ0) is 13.3. The molecule has 0 saturated heterocycles. The van der Waals surface area contributed by atoms with E-state index in [2.05, 4.69) is 20.3 Å². The van der Waals surface area contributed by atoms with E-state index in [1.807, 2.05) is 0 Å². The summed E-state index contributed by atoms with van der Waals surface area (Å²) in [4.78, 5) is 18.0. The maximum absolute atomic E-state index is 13.6. The van der Waals surface area contributed by atoms with Crippen molar-refractivity contribution in [2.24, 2.45) is 5.73 Å². The lowest BCUT2D eigenvalue weighted by Crippen LogP contribution is -2.20. The van der Waals surface area contributed by atoms with Crippen molar-refractivity contribution in [1.82, 2.24) is 25.0 Å². The van der Waals surface area contributed by atoms with Gasteiger partial charge in [-0.05, 0) is 18.5 Å². The van der Waals surface area contributed by atoms with Crippen LogP contribution in [0.3, 0.4) is 0 Å². The van der Waals surface area contributed by atoms with Crippen molar-refractivity contribution in [3.63, 3.8) is 0 Å². The highest BCUT2D eigenvalue weighted by atomic mass is 35.5. The first kappa shape index (κ1) is 12.4. The van der Waals surface area contributed by atoms with E-state index in [4.69, 9.17) is 17.3 Å². The number of halogens is 2. The van der Waals surface area contributed by atoms with Crippen molar-refractivity contribution in [3.05, 3.63) is 23.0 Å². The molecule has 0 atom stereocenters. The predicted molar refractivity (Wildman–Crippen MR) is 59.9 cm³/mol. The summed E-state index contributed by atoms with van der Waals surface area (Å²) in [6, 6.07) is 0. The van der Waals surface area contributed by atoms with Crippen molar-refractivity contribution >= 4 is 17.5 Å². The Morgan fingerprint density at radius 1 is 1.56 bits per heavy atom. The summed E-state index contributed by atoms with van der Waals surface area (Å²) in [5, 5.41) is 7.35. The van der Waals surface area contributed by atoms with Gasteiger partial charge in [-0.15, -0.1) is 5.10 Å². The van der Waals surface area contributed by atoms with E-state index in [-0.39, 0.29) is 23.2 Å². The summed E-state index contributed by atoms with van der Waals surface area (Å²) >= 11 is 5.59. The second-order valence-electron chi connectivity index (χ2n) is 3.48. The van der Waals surface area contributed by atoms with Gasteiger partial charge in [0.05, 0.1) is 11.9 Å². The zero-order valence-electron chi connectivity index (χ0n) is 9.26. The van der Waals surface area contributed by atoms with Gasteiger partial charge in [0.25, 0.3) is 0 Å². The Morgan fingerprint density at radius 2 is 2.28 bits per heavy atom. The number of rotatable bonds is 3. The molecule has 0 unspecified atom stereocenters. The third-order valence-corrected chi connectivity index (χ3v) is 2.41. The standard InChI is InChI=1S/C9H8ClFN6O/c1-4-7(15-16-17(4)3-6(12)18)8-5(11)2-13-9(10)14-8/h2H,3H2,1H3,(H2,12,18). The molecule has 0 aliphatic rings. The highest BCUT2D eigenvalue weighted by Gasteiger charge is 2.17. The van der Waals surface area contributed by atoms with Crippen LogP contribution in [0.4, 0.5) is 4.39 Å². The molecule has 7 nitrogen and oxygen atoms in total. The third-order valence-electron chi connectivity index (χ3n) is 2.23. The number of aromatic nitrogens is 5. The molecule has 0 aliphatic heterocycles. The monoisotopic (exact) mass is 270 g/mol. The van der Waals surface area contributed by atoms with Crippen LogP contribution in [0.25, 0.3) is 11.4 Å². The minimum absolute atomic E-state index is 0.0665. The maximum atomic E-state index is 13.6. The highest BCUT2D eigenvalue weighted by Crippen LogP contribution is 2.22. The van der Waals surface area contributed by atoms with Crippen LogP contribution in [0.5, 0.6) is 0 Å². The smallest absolute Gasteiger partial charge is 0.239 e. The van der Waals surface area contributed by atoms with Gasteiger partial charge in [-0.3, -0.25) is 4.79 Å². The van der Waals surface area contributed by atoms with E-state index >= 15 is 0 Å². The summed E-state index contributed by atoms with van der Waals surface area (Å²) in [5.74, 6) is -1.25. The lowest BCUT2D eigenvalue weighted by molar-refractivity contribution is -0.118. The summed E-state index contributed by atoms with van der Waals surface area (Å²) in [6.45, 7) is 1.48. The second-order valence-corrected chi connectivity index (χ2v) is 3.82. The van der Waals surface area contributed by atoms with Gasteiger partial charge in [0, 0.05) is 0 Å². The van der Waals surface area contributed by atoms with Gasteiger partial charge < -0.3 is 5.73 Å². The maximum Gasteiger partial charge on any atom is 0.239 e. The molecule has 94 valence electrons. The average Bonchev–Trinajstić information content (AvgIpc) is 2.64. The quantitative estimate of drug-likeness (QED) is 0.810. The van der Waals surface area contributed by atoms with E-state index in [0.29, 0.717) is 5.69 Å². The van der Waals surface area contributed by atoms with Crippen LogP contribution in [0.1, 0.15) is 5.69 Å². The summed E-state index contributed by atoms with van der Waals surface area (Å²) < 4.78 is 14.8. The summed E-state index contributed by atoms with van der Waals surface area (Å²) in [6.07, 6.45) is 0.942. The Morgan fingerprint density at radius 3 is 2.94 bits per heavy atom. The first-order chi connectivity index (χ1) is 8.49. The Bertz CT molecular complexity index is 613. The molecule has 0 spiro atoms. The molecule has 2 aromatic heterocycles. The van der Waals surface area contributed by atoms with Crippen LogP contribution in [0.2, 0.25) is 5.28 Å². The molecule has 1 amide bonds. The molecule has 2 rings (SSSR count). The largest absolute Gasteiger partial charge is 0.368 e. The van der Waals surface area contributed by atoms with Crippen molar-refractivity contribution in [3.8, 4) is 11.4 Å². The minimum Gasteiger partial charge on any atom is -0.368 e. The molecule has 18 heavy (non-hydrogen) atoms. The van der Waals surface area contributed by atoms with E-state index in [0.717, 1.165) is 6.20 Å². The molecule has 0 radical (unpaired) electrons. The van der Waals surface area contributed by atoms with Crippen LogP contribution >= 0.6 is 11.6 Å². The van der Waals surface area contributed by atoms with Crippen molar-refractivity contribution in [2.45, 2.75) is 13.5 Å². The number of carbonyl (C=O) groups is 1. The van der Waals surface area contributed by atoms with Crippen LogP contribution in [0, 0.1) is 12.7 Å². The number of amides is 1. The van der Waals surface area contributed by atoms with E-state index in [1.165, 1.54) is 4.68 Å². The predicted octanol–water partition coefficient (Wildman–Crippen LogP) is 0.321. The fraction of sp³-hybridized carbons (Fsp3) is 0.222. The highest BCUT2D eigenvalue weighted by molar-refractivity contribution is 6.28. The number of primary amides is 1. The number of carbonyl (C=O) groups excluding carboxylic acids is 1. The van der Waals surface area contributed by atoms with Crippen molar-refractivity contribution < 1.29 is 9.18 Å². The average molecular weight is 271 g/mol. The zero-order valence-corrected chi connectivity index (χ0v) is 10.0. The number of nitrogens with zero attached hydrogens (tertiary/aromatic N) is 5. The van der Waals surface area contributed by atoms with E-state index in [9.17, 15) is 9.18 Å². The minimum atomic E-state index is -0.673. The molecule has 0 bridgehead atoms. The van der Waals surface area contributed by atoms with Gasteiger partial charge in [0.1, 0.15) is 17.9 Å². The molecule has 2 aromatic rings. The van der Waals surface area contributed by atoms with Crippen LogP contribution in [-0.2, 0) is 11.3 Å². The van der Waals surface area contributed by atoms with Gasteiger partial charge in [-0.25, -0.2) is 19.0 Å². The van der Waals surface area contributed by atoms with Crippen LogP contribution < -0.4 is 5.73 Å². The van der Waals surface area contributed by atoms with E-state index in [1.54, 1.807) is 6.92 Å². The second kappa shape index (κ2) is 4.65. The Hall–Kier alpha value is -2.09. The molecule has 2 heterocycles. The summed E-state index contributed by atoms with van der Waals surface area (Å²) in [5.41, 5.74) is 5.63. The molecule has 0 aromatic carbocycles. The molecule has 9 heteroatoms.